The minimum absolute atomic E-state index is 0.318. The Labute approximate surface area is 94.4 Å². The average molecular weight is 214 g/mol. The molecule has 1 saturated carbocycles. The van der Waals surface area contributed by atoms with Gasteiger partial charge in [-0.25, -0.2) is 0 Å². The molecule has 0 N–H and O–H groups in total. The highest BCUT2D eigenvalue weighted by Gasteiger charge is 2.09. The van der Waals surface area contributed by atoms with Crippen LogP contribution >= 0.6 is 0 Å². The summed E-state index contributed by atoms with van der Waals surface area (Å²) in [5.41, 5.74) is -0.318. The first-order valence-corrected chi connectivity index (χ1v) is 6.11. The van der Waals surface area contributed by atoms with Crippen LogP contribution < -0.4 is 0 Å². The zero-order valence-electron chi connectivity index (χ0n) is 10.7. The van der Waals surface area contributed by atoms with Crippen molar-refractivity contribution < 1.29 is 9.53 Å². The molecule has 0 atom stereocenters. The molecule has 1 aliphatic rings. The van der Waals surface area contributed by atoms with Crippen LogP contribution in [0.25, 0.3) is 0 Å². The summed E-state index contributed by atoms with van der Waals surface area (Å²) in [5.74, 6) is 1.09. The molecule has 1 aliphatic carbocycles. The third kappa shape index (κ3) is 9.77. The molecule has 1 fully saturated rings. The molecule has 0 saturated heterocycles. The maximum absolute atomic E-state index is 9.60. The Bertz CT molecular complexity index is 152. The first-order chi connectivity index (χ1) is 6.99. The van der Waals surface area contributed by atoms with Crippen LogP contribution in [0.15, 0.2) is 0 Å². The molecule has 0 radical (unpaired) electrons. The maximum atomic E-state index is 9.60. The van der Waals surface area contributed by atoms with E-state index in [1.807, 2.05) is 20.8 Å². The van der Waals surface area contributed by atoms with Crippen LogP contribution in [-0.4, -0.2) is 12.1 Å². The van der Waals surface area contributed by atoms with Gasteiger partial charge in [-0.3, -0.25) is 4.79 Å². The van der Waals surface area contributed by atoms with Gasteiger partial charge in [-0.15, -0.1) is 0 Å². The van der Waals surface area contributed by atoms with E-state index in [-0.39, 0.29) is 5.60 Å². The number of carbonyl (C=O) groups excluding carboxylic acids is 1. The van der Waals surface area contributed by atoms with Crippen molar-refractivity contribution in [3.05, 3.63) is 0 Å². The van der Waals surface area contributed by atoms with Crippen molar-refractivity contribution in [1.82, 2.24) is 0 Å². The van der Waals surface area contributed by atoms with Gasteiger partial charge in [-0.05, 0) is 26.7 Å². The summed E-state index contributed by atoms with van der Waals surface area (Å²) in [5, 5.41) is 0. The minimum atomic E-state index is -0.318. The maximum Gasteiger partial charge on any atom is 0.293 e. The topological polar surface area (TPSA) is 26.3 Å². The fraction of sp³-hybridized carbons (Fsp3) is 0.923. The zero-order chi connectivity index (χ0) is 11.7. The van der Waals surface area contributed by atoms with Gasteiger partial charge in [0.05, 0.1) is 0 Å². The van der Waals surface area contributed by atoms with E-state index in [0.717, 1.165) is 5.92 Å². The quantitative estimate of drug-likeness (QED) is 0.651. The summed E-state index contributed by atoms with van der Waals surface area (Å²) in [4.78, 5) is 9.60. The highest BCUT2D eigenvalue weighted by atomic mass is 16.5. The van der Waals surface area contributed by atoms with Gasteiger partial charge in [0.25, 0.3) is 6.47 Å². The Morgan fingerprint density at radius 2 is 1.73 bits per heavy atom. The predicted molar refractivity (Wildman–Crippen MR) is 63.8 cm³/mol. The molecule has 0 heterocycles. The lowest BCUT2D eigenvalue weighted by molar-refractivity contribution is -0.138. The molecule has 2 heteroatoms. The largest absolute Gasteiger partial charge is 0.462 e. The average Bonchev–Trinajstić information content (AvgIpc) is 2.18. The predicted octanol–water partition coefficient (Wildman–Crippen LogP) is 3.93. The van der Waals surface area contributed by atoms with E-state index < -0.39 is 0 Å². The van der Waals surface area contributed by atoms with Crippen molar-refractivity contribution in [3.8, 4) is 0 Å². The van der Waals surface area contributed by atoms with Gasteiger partial charge in [0.15, 0.2) is 0 Å². The summed E-state index contributed by atoms with van der Waals surface area (Å²) >= 11 is 0. The van der Waals surface area contributed by atoms with Crippen LogP contribution in [0.3, 0.4) is 0 Å². The Balaban J connectivity index is 0.000000265. The second kappa shape index (κ2) is 7.72. The van der Waals surface area contributed by atoms with E-state index in [1.54, 1.807) is 0 Å². The van der Waals surface area contributed by atoms with Crippen molar-refractivity contribution >= 4 is 6.47 Å². The second-order valence-electron chi connectivity index (χ2n) is 5.24. The van der Waals surface area contributed by atoms with E-state index in [2.05, 4.69) is 11.7 Å². The Hall–Kier alpha value is -0.530. The fourth-order valence-corrected chi connectivity index (χ4v) is 1.74. The third-order valence-corrected chi connectivity index (χ3v) is 2.70. The molecule has 0 aromatic carbocycles. The number of hydrogen-bond acceptors (Lipinski definition) is 2. The van der Waals surface area contributed by atoms with E-state index >= 15 is 0 Å². The summed E-state index contributed by atoms with van der Waals surface area (Å²) in [7, 11) is 0. The van der Waals surface area contributed by atoms with Crippen LogP contribution in [-0.2, 0) is 9.53 Å². The lowest BCUT2D eigenvalue weighted by atomic mass is 9.88. The van der Waals surface area contributed by atoms with Gasteiger partial charge in [0.2, 0.25) is 0 Å². The zero-order valence-corrected chi connectivity index (χ0v) is 10.7. The van der Waals surface area contributed by atoms with Crippen molar-refractivity contribution in [3.63, 3.8) is 0 Å². The first kappa shape index (κ1) is 14.5. The molecular weight excluding hydrogens is 188 g/mol. The Kier molecular flexibility index (Phi) is 7.45. The first-order valence-electron chi connectivity index (χ1n) is 6.11. The number of hydrogen-bond donors (Lipinski definition) is 0. The van der Waals surface area contributed by atoms with Crippen LogP contribution in [0.5, 0.6) is 0 Å². The van der Waals surface area contributed by atoms with E-state index in [9.17, 15) is 4.79 Å². The smallest absolute Gasteiger partial charge is 0.293 e. The summed E-state index contributed by atoms with van der Waals surface area (Å²) in [6.07, 6.45) is 8.93. The van der Waals surface area contributed by atoms with Crippen molar-refractivity contribution in [2.24, 2.45) is 5.92 Å². The van der Waals surface area contributed by atoms with Crippen molar-refractivity contribution in [1.29, 1.82) is 0 Å². The number of ether oxygens (including phenoxy) is 1. The summed E-state index contributed by atoms with van der Waals surface area (Å²) in [6.45, 7) is 8.24. The fourth-order valence-electron chi connectivity index (χ4n) is 1.74. The SMILES string of the molecule is CC(C)(C)OC=O.CCC1CCCCC1. The second-order valence-corrected chi connectivity index (χ2v) is 5.24. The number of carbonyl (C=O) groups is 1. The van der Waals surface area contributed by atoms with E-state index in [4.69, 9.17) is 0 Å². The molecule has 0 unspecified atom stereocenters. The van der Waals surface area contributed by atoms with Gasteiger partial charge in [0, 0.05) is 0 Å². The molecule has 1 rings (SSSR count). The highest BCUT2D eigenvalue weighted by Crippen LogP contribution is 2.25. The summed E-state index contributed by atoms with van der Waals surface area (Å²) < 4.78 is 4.55. The molecule has 0 aromatic rings. The molecular formula is C13H26O2. The van der Waals surface area contributed by atoms with E-state index in [1.165, 1.54) is 38.5 Å². The van der Waals surface area contributed by atoms with Crippen molar-refractivity contribution in [2.75, 3.05) is 0 Å². The minimum Gasteiger partial charge on any atom is -0.462 e. The lowest BCUT2D eigenvalue weighted by Gasteiger charge is -2.18. The summed E-state index contributed by atoms with van der Waals surface area (Å²) in [6, 6.07) is 0. The standard InChI is InChI=1S/C8H16.C5H10O2/c1-2-8-6-4-3-5-7-8;1-5(2,3)7-4-6/h8H,2-7H2,1H3;4H,1-3H3. The van der Waals surface area contributed by atoms with Crippen LogP contribution in [0.2, 0.25) is 0 Å². The monoisotopic (exact) mass is 214 g/mol. The van der Waals surface area contributed by atoms with Crippen molar-refractivity contribution in [2.45, 2.75) is 71.8 Å². The molecule has 0 spiro atoms. The molecule has 0 bridgehead atoms. The normalized spacial score (nSPS) is 17.6. The van der Waals surface area contributed by atoms with Gasteiger partial charge in [0.1, 0.15) is 5.60 Å². The molecule has 0 amide bonds. The molecule has 0 aliphatic heterocycles. The van der Waals surface area contributed by atoms with Gasteiger partial charge < -0.3 is 4.74 Å². The van der Waals surface area contributed by atoms with Gasteiger partial charge in [-0.2, -0.15) is 0 Å². The molecule has 0 aromatic heterocycles. The Morgan fingerprint density at radius 1 is 1.20 bits per heavy atom. The number of rotatable bonds is 2. The molecule has 2 nitrogen and oxygen atoms in total. The van der Waals surface area contributed by atoms with Crippen LogP contribution in [0.1, 0.15) is 66.2 Å². The third-order valence-electron chi connectivity index (χ3n) is 2.70. The molecule has 90 valence electrons. The molecule has 15 heavy (non-hydrogen) atoms. The van der Waals surface area contributed by atoms with E-state index in [0.29, 0.717) is 6.47 Å². The lowest BCUT2D eigenvalue weighted by Crippen LogP contribution is -2.17. The van der Waals surface area contributed by atoms with Gasteiger partial charge in [-0.1, -0.05) is 45.4 Å². The van der Waals surface area contributed by atoms with Gasteiger partial charge >= 0.3 is 0 Å². The van der Waals surface area contributed by atoms with Crippen LogP contribution in [0.4, 0.5) is 0 Å². The Morgan fingerprint density at radius 3 is 1.93 bits per heavy atom. The van der Waals surface area contributed by atoms with Crippen LogP contribution in [0, 0.1) is 5.92 Å². The highest BCUT2D eigenvalue weighted by molar-refractivity contribution is 5.37.